The smallest absolute Gasteiger partial charge is 0.320 e. The number of nitrogens with one attached hydrogen (secondary N) is 3. The van der Waals surface area contributed by atoms with Crippen LogP contribution >= 0.6 is 11.6 Å². The molecule has 1 aliphatic rings. The predicted molar refractivity (Wildman–Crippen MR) is 107 cm³/mol. The zero-order chi connectivity index (χ0) is 20.3. The van der Waals surface area contributed by atoms with Gasteiger partial charge in [0.15, 0.2) is 0 Å². The van der Waals surface area contributed by atoms with Gasteiger partial charge in [-0.05, 0) is 25.1 Å². The molecule has 28 heavy (non-hydrogen) atoms. The fourth-order valence-corrected chi connectivity index (χ4v) is 3.99. The number of ether oxygens (including phenoxy) is 1. The van der Waals surface area contributed by atoms with E-state index < -0.39 is 22.1 Å². The molecule has 0 saturated carbocycles. The molecular formula is C18H21ClN4O4S. The largest absolute Gasteiger partial charge is 0.492 e. The van der Waals surface area contributed by atoms with Crippen molar-refractivity contribution in [2.45, 2.75) is 25.4 Å². The Balaban J connectivity index is 1.68. The third-order valence-electron chi connectivity index (χ3n) is 4.18. The Labute approximate surface area is 168 Å². The number of sulfonamides is 1. The van der Waals surface area contributed by atoms with E-state index in [2.05, 4.69) is 20.3 Å². The number of urea groups is 1. The Hall–Kier alpha value is -2.36. The minimum Gasteiger partial charge on any atom is -0.492 e. The van der Waals surface area contributed by atoms with Crippen LogP contribution < -0.4 is 20.1 Å². The molecule has 0 radical (unpaired) electrons. The molecule has 2 amide bonds. The van der Waals surface area contributed by atoms with Gasteiger partial charge in [-0.3, -0.25) is 5.32 Å². The van der Waals surface area contributed by atoms with Crippen LogP contribution in [0.1, 0.15) is 36.7 Å². The summed E-state index contributed by atoms with van der Waals surface area (Å²) in [6.07, 6.45) is 1.70. The normalized spacial score (nSPS) is 17.2. The lowest BCUT2D eigenvalue weighted by atomic mass is 10.0. The predicted octanol–water partition coefficient (Wildman–Crippen LogP) is 2.99. The molecule has 3 rings (SSSR count). The standard InChI is InChI=1S/C18H21ClN4O4S/c1-11(23-28(2,25)26)14-7-4-8-16(20-14)22-18(24)21-15-9-10-27-17-12(15)5-3-6-13(17)19/h3-8,11,15,23H,9-10H2,1-2H3,(H2,20,21,22,24)/t11-,15+/m1/s1. The van der Waals surface area contributed by atoms with Crippen LogP contribution in [-0.2, 0) is 10.0 Å². The molecule has 2 heterocycles. The zero-order valence-electron chi connectivity index (χ0n) is 15.4. The van der Waals surface area contributed by atoms with Crippen molar-refractivity contribution in [3.8, 4) is 5.75 Å². The van der Waals surface area contributed by atoms with E-state index in [4.69, 9.17) is 16.3 Å². The number of amides is 2. The quantitative estimate of drug-likeness (QED) is 0.683. The summed E-state index contributed by atoms with van der Waals surface area (Å²) in [5, 5.41) is 6.08. The van der Waals surface area contributed by atoms with Gasteiger partial charge in [0.25, 0.3) is 0 Å². The Bertz CT molecular complexity index is 983. The van der Waals surface area contributed by atoms with Crippen molar-refractivity contribution in [2.75, 3.05) is 18.2 Å². The summed E-state index contributed by atoms with van der Waals surface area (Å²) in [7, 11) is -3.37. The second-order valence-corrected chi connectivity index (χ2v) is 8.69. The van der Waals surface area contributed by atoms with Crippen LogP contribution in [0.4, 0.5) is 10.6 Å². The highest BCUT2D eigenvalue weighted by molar-refractivity contribution is 7.88. The summed E-state index contributed by atoms with van der Waals surface area (Å²) in [5.41, 5.74) is 1.31. The minimum absolute atomic E-state index is 0.239. The summed E-state index contributed by atoms with van der Waals surface area (Å²) < 4.78 is 30.8. The van der Waals surface area contributed by atoms with E-state index in [-0.39, 0.29) is 6.04 Å². The maximum Gasteiger partial charge on any atom is 0.320 e. The van der Waals surface area contributed by atoms with Crippen LogP contribution in [0.3, 0.4) is 0 Å². The van der Waals surface area contributed by atoms with Gasteiger partial charge in [0.05, 0.1) is 35.7 Å². The molecule has 1 aliphatic heterocycles. The number of rotatable bonds is 5. The first-order valence-corrected chi connectivity index (χ1v) is 10.9. The molecule has 0 unspecified atom stereocenters. The van der Waals surface area contributed by atoms with Crippen LogP contribution in [0.25, 0.3) is 0 Å². The first kappa shape index (κ1) is 20.4. The molecule has 1 aromatic heterocycles. The zero-order valence-corrected chi connectivity index (χ0v) is 17.0. The van der Waals surface area contributed by atoms with Crippen molar-refractivity contribution in [1.29, 1.82) is 0 Å². The summed E-state index contributed by atoms with van der Waals surface area (Å²) in [6.45, 7) is 2.13. The fourth-order valence-electron chi connectivity index (χ4n) is 2.99. The first-order valence-electron chi connectivity index (χ1n) is 8.66. The molecule has 0 saturated heterocycles. The van der Waals surface area contributed by atoms with Gasteiger partial charge in [0, 0.05) is 12.0 Å². The molecule has 0 spiro atoms. The van der Waals surface area contributed by atoms with Crippen LogP contribution in [-0.4, -0.2) is 32.3 Å². The SMILES string of the molecule is C[C@@H](NS(C)(=O)=O)c1cccc(NC(=O)N[C@H]2CCOc3c(Cl)cccc32)n1. The van der Waals surface area contributed by atoms with E-state index in [0.29, 0.717) is 35.3 Å². The molecule has 2 aromatic rings. The van der Waals surface area contributed by atoms with E-state index in [1.165, 1.54) is 0 Å². The number of anilines is 1. The van der Waals surface area contributed by atoms with Crippen molar-refractivity contribution in [1.82, 2.24) is 15.0 Å². The number of para-hydroxylation sites is 1. The molecule has 0 fully saturated rings. The number of carbonyl (C=O) groups excluding carboxylic acids is 1. The van der Waals surface area contributed by atoms with Gasteiger partial charge >= 0.3 is 6.03 Å². The number of hydrogen-bond acceptors (Lipinski definition) is 5. The van der Waals surface area contributed by atoms with Gasteiger partial charge < -0.3 is 10.1 Å². The molecule has 8 nitrogen and oxygen atoms in total. The highest BCUT2D eigenvalue weighted by atomic mass is 35.5. The van der Waals surface area contributed by atoms with Crippen molar-refractivity contribution >= 4 is 33.5 Å². The maximum absolute atomic E-state index is 12.4. The molecule has 0 aliphatic carbocycles. The fraction of sp³-hybridized carbons (Fsp3) is 0.333. The molecule has 3 N–H and O–H groups in total. The molecular weight excluding hydrogens is 404 g/mol. The van der Waals surface area contributed by atoms with Crippen LogP contribution in [0.2, 0.25) is 5.02 Å². The van der Waals surface area contributed by atoms with Gasteiger partial charge in [0.2, 0.25) is 10.0 Å². The number of carbonyl (C=O) groups is 1. The number of nitrogens with zero attached hydrogens (tertiary/aromatic N) is 1. The topological polar surface area (TPSA) is 109 Å². The van der Waals surface area contributed by atoms with Gasteiger partial charge in [0.1, 0.15) is 11.6 Å². The Morgan fingerprint density at radius 3 is 2.79 bits per heavy atom. The Morgan fingerprint density at radius 2 is 2.04 bits per heavy atom. The van der Waals surface area contributed by atoms with E-state index in [0.717, 1.165) is 11.8 Å². The van der Waals surface area contributed by atoms with Crippen molar-refractivity contribution < 1.29 is 17.9 Å². The lowest BCUT2D eigenvalue weighted by Gasteiger charge is -2.27. The first-order chi connectivity index (χ1) is 13.2. The molecule has 150 valence electrons. The second-order valence-electron chi connectivity index (χ2n) is 6.51. The van der Waals surface area contributed by atoms with Crippen LogP contribution in [0, 0.1) is 0 Å². The maximum atomic E-state index is 12.4. The summed E-state index contributed by atoms with van der Waals surface area (Å²) in [4.78, 5) is 16.7. The third kappa shape index (κ3) is 5.12. The lowest BCUT2D eigenvalue weighted by Crippen LogP contribution is -2.35. The Kier molecular flexibility index (Phi) is 6.07. The Morgan fingerprint density at radius 1 is 1.29 bits per heavy atom. The second kappa shape index (κ2) is 8.34. The average Bonchev–Trinajstić information content (AvgIpc) is 2.61. The molecule has 0 bridgehead atoms. The number of pyridine rings is 1. The third-order valence-corrected chi connectivity index (χ3v) is 5.26. The lowest BCUT2D eigenvalue weighted by molar-refractivity contribution is 0.232. The number of hydrogen-bond donors (Lipinski definition) is 3. The number of benzene rings is 1. The van der Waals surface area contributed by atoms with Crippen LogP contribution in [0.15, 0.2) is 36.4 Å². The van der Waals surface area contributed by atoms with E-state index in [9.17, 15) is 13.2 Å². The summed E-state index contributed by atoms with van der Waals surface area (Å²) in [6, 6.07) is 9.23. The van der Waals surface area contributed by atoms with Crippen molar-refractivity contribution in [2.24, 2.45) is 0 Å². The van der Waals surface area contributed by atoms with Gasteiger partial charge in [-0.25, -0.2) is 22.9 Å². The molecule has 10 heteroatoms. The van der Waals surface area contributed by atoms with E-state index in [1.54, 1.807) is 31.2 Å². The highest BCUT2D eigenvalue weighted by Gasteiger charge is 2.25. The summed E-state index contributed by atoms with van der Waals surface area (Å²) >= 11 is 6.15. The monoisotopic (exact) mass is 424 g/mol. The number of aromatic nitrogens is 1. The van der Waals surface area contributed by atoms with Crippen LogP contribution in [0.5, 0.6) is 5.75 Å². The van der Waals surface area contributed by atoms with E-state index in [1.807, 2.05) is 12.1 Å². The number of halogens is 1. The number of fused-ring (bicyclic) bond motifs is 1. The van der Waals surface area contributed by atoms with Gasteiger partial charge in [-0.15, -0.1) is 0 Å². The van der Waals surface area contributed by atoms with Gasteiger partial charge in [-0.1, -0.05) is 29.8 Å². The van der Waals surface area contributed by atoms with E-state index >= 15 is 0 Å². The van der Waals surface area contributed by atoms with Gasteiger partial charge in [-0.2, -0.15) is 0 Å². The molecule has 2 atom stereocenters. The minimum atomic E-state index is -3.37. The van der Waals surface area contributed by atoms with Crippen molar-refractivity contribution in [3.63, 3.8) is 0 Å². The highest BCUT2D eigenvalue weighted by Crippen LogP contribution is 2.37. The van der Waals surface area contributed by atoms with Crippen molar-refractivity contribution in [3.05, 3.63) is 52.7 Å². The average molecular weight is 425 g/mol. The summed E-state index contributed by atoms with van der Waals surface area (Å²) in [5.74, 6) is 0.900. The molecule has 1 aromatic carbocycles.